The number of aliphatic hydroxyl groups is 1. The van der Waals surface area contributed by atoms with Crippen molar-refractivity contribution in [2.45, 2.75) is 31.7 Å². The molecule has 1 N–H and O–H groups in total. The Hall–Kier alpha value is -0.120. The number of rotatable bonds is 3. The molecule has 3 heteroatoms. The van der Waals surface area contributed by atoms with Gasteiger partial charge in [0.05, 0.1) is 6.61 Å². The Balaban J connectivity index is 1.72. The van der Waals surface area contributed by atoms with Crippen LogP contribution in [0.25, 0.3) is 0 Å². The molecule has 82 valence electrons. The molecule has 2 aliphatic rings. The molecule has 0 spiro atoms. The lowest BCUT2D eigenvalue weighted by atomic mass is 10.2. The van der Waals surface area contributed by atoms with E-state index < -0.39 is 0 Å². The molecule has 1 saturated carbocycles. The summed E-state index contributed by atoms with van der Waals surface area (Å²) < 4.78 is 0. The fourth-order valence-electron chi connectivity index (χ4n) is 2.76. The average molecular weight is 198 g/mol. The van der Waals surface area contributed by atoms with E-state index in [1.807, 2.05) is 0 Å². The van der Waals surface area contributed by atoms with Gasteiger partial charge < -0.3 is 5.11 Å². The van der Waals surface area contributed by atoms with E-state index in [2.05, 4.69) is 9.80 Å². The molecule has 1 aliphatic heterocycles. The SMILES string of the molecule is OCCN1CCN(C2CCCC2)CC1. The van der Waals surface area contributed by atoms with E-state index in [9.17, 15) is 0 Å². The summed E-state index contributed by atoms with van der Waals surface area (Å²) >= 11 is 0. The van der Waals surface area contributed by atoms with E-state index in [1.54, 1.807) is 0 Å². The maximum absolute atomic E-state index is 8.84. The lowest BCUT2D eigenvalue weighted by molar-refractivity contribution is 0.0854. The molecule has 0 unspecified atom stereocenters. The molecule has 0 aromatic rings. The molecule has 1 aliphatic carbocycles. The van der Waals surface area contributed by atoms with Crippen LogP contribution in [0, 0.1) is 0 Å². The van der Waals surface area contributed by atoms with Crippen molar-refractivity contribution in [2.24, 2.45) is 0 Å². The van der Waals surface area contributed by atoms with Crippen LogP contribution in [0.3, 0.4) is 0 Å². The molecule has 2 fully saturated rings. The summed E-state index contributed by atoms with van der Waals surface area (Å²) in [6.45, 7) is 5.89. The number of aliphatic hydroxyl groups excluding tert-OH is 1. The van der Waals surface area contributed by atoms with Crippen LogP contribution in [-0.2, 0) is 0 Å². The van der Waals surface area contributed by atoms with Gasteiger partial charge in [-0.25, -0.2) is 0 Å². The maximum atomic E-state index is 8.84. The zero-order valence-corrected chi connectivity index (χ0v) is 8.99. The van der Waals surface area contributed by atoms with Crippen molar-refractivity contribution < 1.29 is 5.11 Å². The van der Waals surface area contributed by atoms with Gasteiger partial charge in [-0.2, -0.15) is 0 Å². The molecule has 0 aromatic heterocycles. The van der Waals surface area contributed by atoms with Crippen LogP contribution >= 0.6 is 0 Å². The van der Waals surface area contributed by atoms with Gasteiger partial charge in [0.25, 0.3) is 0 Å². The third-order valence-electron chi connectivity index (χ3n) is 3.66. The zero-order valence-electron chi connectivity index (χ0n) is 8.99. The molecular formula is C11H22N2O. The molecule has 1 saturated heterocycles. The Bertz CT molecular complexity index is 161. The van der Waals surface area contributed by atoms with Crippen molar-refractivity contribution in [3.8, 4) is 0 Å². The van der Waals surface area contributed by atoms with Gasteiger partial charge in [0.1, 0.15) is 0 Å². The van der Waals surface area contributed by atoms with E-state index in [4.69, 9.17) is 5.11 Å². The van der Waals surface area contributed by atoms with E-state index in [1.165, 1.54) is 38.8 Å². The molecule has 0 radical (unpaired) electrons. The number of hydrogen-bond acceptors (Lipinski definition) is 3. The van der Waals surface area contributed by atoms with Crippen LogP contribution in [0.15, 0.2) is 0 Å². The Morgan fingerprint density at radius 3 is 2.21 bits per heavy atom. The van der Waals surface area contributed by atoms with Crippen molar-refractivity contribution in [3.63, 3.8) is 0 Å². The first kappa shape index (κ1) is 10.4. The Kier molecular flexibility index (Phi) is 3.79. The Morgan fingerprint density at radius 1 is 1.00 bits per heavy atom. The van der Waals surface area contributed by atoms with Gasteiger partial charge in [0.15, 0.2) is 0 Å². The maximum Gasteiger partial charge on any atom is 0.0558 e. The van der Waals surface area contributed by atoms with Crippen molar-refractivity contribution in [1.82, 2.24) is 9.80 Å². The van der Waals surface area contributed by atoms with Crippen LogP contribution in [-0.4, -0.2) is 60.3 Å². The summed E-state index contributed by atoms with van der Waals surface area (Å²) in [4.78, 5) is 5.02. The molecule has 0 amide bonds. The van der Waals surface area contributed by atoms with Gasteiger partial charge in [-0.05, 0) is 12.8 Å². The third-order valence-corrected chi connectivity index (χ3v) is 3.66. The highest BCUT2D eigenvalue weighted by molar-refractivity contribution is 4.81. The average Bonchev–Trinajstić information content (AvgIpc) is 2.72. The lowest BCUT2D eigenvalue weighted by Gasteiger charge is -2.37. The van der Waals surface area contributed by atoms with Crippen LogP contribution < -0.4 is 0 Å². The fraction of sp³-hybridized carbons (Fsp3) is 1.00. The van der Waals surface area contributed by atoms with Gasteiger partial charge in [-0.15, -0.1) is 0 Å². The molecule has 0 atom stereocenters. The molecular weight excluding hydrogens is 176 g/mol. The van der Waals surface area contributed by atoms with Gasteiger partial charge in [-0.1, -0.05) is 12.8 Å². The van der Waals surface area contributed by atoms with E-state index in [0.717, 1.165) is 25.7 Å². The minimum Gasteiger partial charge on any atom is -0.395 e. The quantitative estimate of drug-likeness (QED) is 0.717. The van der Waals surface area contributed by atoms with Crippen molar-refractivity contribution in [2.75, 3.05) is 39.3 Å². The number of nitrogens with zero attached hydrogens (tertiary/aromatic N) is 2. The molecule has 2 rings (SSSR count). The van der Waals surface area contributed by atoms with Crippen LogP contribution in [0.4, 0.5) is 0 Å². The summed E-state index contributed by atoms with van der Waals surface area (Å²) in [7, 11) is 0. The highest BCUT2D eigenvalue weighted by atomic mass is 16.3. The summed E-state index contributed by atoms with van der Waals surface area (Å²) in [5.41, 5.74) is 0. The van der Waals surface area contributed by atoms with Crippen molar-refractivity contribution in [3.05, 3.63) is 0 Å². The number of β-amino-alcohol motifs (C(OH)–C–C–N with tert-alkyl or cyclic N) is 1. The first-order valence-electron chi connectivity index (χ1n) is 5.97. The highest BCUT2D eigenvalue weighted by Crippen LogP contribution is 2.24. The largest absolute Gasteiger partial charge is 0.395 e. The smallest absolute Gasteiger partial charge is 0.0558 e. The molecule has 1 heterocycles. The minimum absolute atomic E-state index is 0.309. The monoisotopic (exact) mass is 198 g/mol. The van der Waals surface area contributed by atoms with Gasteiger partial charge in [0, 0.05) is 38.8 Å². The second-order valence-electron chi connectivity index (χ2n) is 4.54. The van der Waals surface area contributed by atoms with Crippen LogP contribution in [0.5, 0.6) is 0 Å². The predicted octanol–water partition coefficient (Wildman–Crippen LogP) is 0.539. The Morgan fingerprint density at radius 2 is 1.64 bits per heavy atom. The van der Waals surface area contributed by atoms with Crippen molar-refractivity contribution in [1.29, 1.82) is 0 Å². The van der Waals surface area contributed by atoms with Crippen LogP contribution in [0.1, 0.15) is 25.7 Å². The second-order valence-corrected chi connectivity index (χ2v) is 4.54. The van der Waals surface area contributed by atoms with Crippen LogP contribution in [0.2, 0.25) is 0 Å². The first-order chi connectivity index (χ1) is 6.90. The summed E-state index contributed by atoms with van der Waals surface area (Å²) in [6, 6.07) is 0.881. The molecule has 14 heavy (non-hydrogen) atoms. The van der Waals surface area contributed by atoms with E-state index in [-0.39, 0.29) is 0 Å². The van der Waals surface area contributed by atoms with Gasteiger partial charge in [-0.3, -0.25) is 9.80 Å². The second kappa shape index (κ2) is 5.10. The topological polar surface area (TPSA) is 26.7 Å². The predicted molar refractivity (Wildman–Crippen MR) is 57.4 cm³/mol. The lowest BCUT2D eigenvalue weighted by Crippen LogP contribution is -2.50. The first-order valence-corrected chi connectivity index (χ1v) is 5.97. The molecule has 0 aromatic carbocycles. The number of piperazine rings is 1. The van der Waals surface area contributed by atoms with E-state index >= 15 is 0 Å². The molecule has 3 nitrogen and oxygen atoms in total. The normalized spacial score (nSPS) is 27.2. The summed E-state index contributed by atoms with van der Waals surface area (Å²) in [6.07, 6.45) is 5.70. The van der Waals surface area contributed by atoms with Gasteiger partial charge >= 0.3 is 0 Å². The third kappa shape index (κ3) is 2.47. The zero-order chi connectivity index (χ0) is 9.80. The van der Waals surface area contributed by atoms with Crippen molar-refractivity contribution >= 4 is 0 Å². The highest BCUT2D eigenvalue weighted by Gasteiger charge is 2.25. The van der Waals surface area contributed by atoms with E-state index in [0.29, 0.717) is 6.61 Å². The number of hydrogen-bond donors (Lipinski definition) is 1. The summed E-state index contributed by atoms with van der Waals surface area (Å²) in [5, 5.41) is 8.84. The minimum atomic E-state index is 0.309. The Labute approximate surface area is 86.7 Å². The molecule has 0 bridgehead atoms. The fourth-order valence-corrected chi connectivity index (χ4v) is 2.76. The summed E-state index contributed by atoms with van der Waals surface area (Å²) in [5.74, 6) is 0. The standard InChI is InChI=1S/C11H22N2O/c14-10-9-12-5-7-13(8-6-12)11-3-1-2-4-11/h11,14H,1-10H2. The van der Waals surface area contributed by atoms with Gasteiger partial charge in [0.2, 0.25) is 0 Å².